The topological polar surface area (TPSA) is 51.2 Å². The minimum atomic E-state index is -3.11. The Kier molecular flexibility index (Phi) is 13.5. The van der Waals surface area contributed by atoms with Crippen LogP contribution in [0, 0.1) is 0 Å². The van der Waals surface area contributed by atoms with Crippen LogP contribution in [-0.4, -0.2) is 12.6 Å². The SMILES string of the molecule is CC.O=S(=O)=O. The zero-order valence-electron chi connectivity index (χ0n) is 3.63. The highest BCUT2D eigenvalue weighted by Gasteiger charge is 1.40. The standard InChI is InChI=1S/C2H6.O3S/c1-2;1-4(2)3/h1-2H3;. The second-order valence-electron chi connectivity index (χ2n) is 0.204. The van der Waals surface area contributed by atoms with Gasteiger partial charge in [-0.05, 0) is 0 Å². The Morgan fingerprint density at radius 2 is 1.00 bits per heavy atom. The molecule has 0 radical (unpaired) electrons. The van der Waals surface area contributed by atoms with Gasteiger partial charge in [-0.25, -0.2) is 0 Å². The van der Waals surface area contributed by atoms with E-state index in [0.29, 0.717) is 0 Å². The molecule has 0 aromatic carbocycles. The third-order valence-electron chi connectivity index (χ3n) is 0. The van der Waals surface area contributed by atoms with Crippen molar-refractivity contribution in [1.82, 2.24) is 0 Å². The first-order valence-corrected chi connectivity index (χ1v) is 2.50. The summed E-state index contributed by atoms with van der Waals surface area (Å²) < 4.78 is 25.3. The molecule has 0 bridgehead atoms. The van der Waals surface area contributed by atoms with Crippen LogP contribution in [-0.2, 0) is 10.6 Å². The Bertz CT molecular complexity index is 78.2. The monoisotopic (exact) mass is 110 g/mol. The highest BCUT2D eigenvalue weighted by Crippen LogP contribution is 1.14. The highest BCUT2D eigenvalue weighted by molar-refractivity contribution is 7.59. The molecule has 0 aromatic heterocycles. The van der Waals surface area contributed by atoms with Crippen molar-refractivity contribution >= 4 is 10.6 Å². The Labute approximate surface area is 38.1 Å². The molecule has 0 heterocycles. The van der Waals surface area contributed by atoms with E-state index < -0.39 is 10.6 Å². The van der Waals surface area contributed by atoms with E-state index in [0.717, 1.165) is 0 Å². The summed E-state index contributed by atoms with van der Waals surface area (Å²) in [5, 5.41) is 0. The quantitative estimate of drug-likeness (QED) is 0.441. The average molecular weight is 110 g/mol. The van der Waals surface area contributed by atoms with Gasteiger partial charge in [0.2, 0.25) is 0 Å². The molecule has 0 aliphatic heterocycles. The van der Waals surface area contributed by atoms with E-state index in [-0.39, 0.29) is 0 Å². The predicted octanol–water partition coefficient (Wildman–Crippen LogP) is 0.0221. The van der Waals surface area contributed by atoms with E-state index in [1.165, 1.54) is 0 Å². The molecule has 0 aliphatic carbocycles. The first-order chi connectivity index (χ1) is 2.73. The molecule has 6 heavy (non-hydrogen) atoms. The van der Waals surface area contributed by atoms with Crippen molar-refractivity contribution in [2.45, 2.75) is 13.8 Å². The van der Waals surface area contributed by atoms with Crippen LogP contribution >= 0.6 is 0 Å². The van der Waals surface area contributed by atoms with Gasteiger partial charge in [0.05, 0.1) is 0 Å². The molecule has 0 amide bonds. The molecule has 0 saturated carbocycles. The van der Waals surface area contributed by atoms with Gasteiger partial charge in [0.15, 0.2) is 0 Å². The summed E-state index contributed by atoms with van der Waals surface area (Å²) >= 11 is 0. The van der Waals surface area contributed by atoms with Gasteiger partial charge in [0.1, 0.15) is 0 Å². The fraction of sp³-hybridized carbons (Fsp3) is 1.00. The Hall–Kier alpha value is -0.380. The van der Waals surface area contributed by atoms with E-state index in [2.05, 4.69) is 0 Å². The van der Waals surface area contributed by atoms with Crippen molar-refractivity contribution < 1.29 is 12.6 Å². The van der Waals surface area contributed by atoms with Crippen LogP contribution in [0.25, 0.3) is 0 Å². The number of hydrogen-bond donors (Lipinski definition) is 0. The van der Waals surface area contributed by atoms with E-state index >= 15 is 0 Å². The molecule has 0 fully saturated rings. The average Bonchev–Trinajstić information content (AvgIpc) is 1.41. The summed E-state index contributed by atoms with van der Waals surface area (Å²) in [7, 11) is -3.11. The minimum Gasteiger partial charge on any atom is -0.142 e. The molecule has 38 valence electrons. The van der Waals surface area contributed by atoms with Crippen molar-refractivity contribution in [2.24, 2.45) is 0 Å². The Morgan fingerprint density at radius 1 is 1.00 bits per heavy atom. The first-order valence-electron chi connectivity index (χ1n) is 1.50. The van der Waals surface area contributed by atoms with Crippen LogP contribution in [0.1, 0.15) is 13.8 Å². The lowest BCUT2D eigenvalue weighted by molar-refractivity contribution is 0.559. The van der Waals surface area contributed by atoms with Gasteiger partial charge in [-0.2, -0.15) is 0 Å². The fourth-order valence-corrected chi connectivity index (χ4v) is 0. The zero-order valence-corrected chi connectivity index (χ0v) is 4.45. The summed E-state index contributed by atoms with van der Waals surface area (Å²) in [4.78, 5) is 0. The second-order valence-corrected chi connectivity index (χ2v) is 0.612. The van der Waals surface area contributed by atoms with E-state index in [1.54, 1.807) is 0 Å². The van der Waals surface area contributed by atoms with E-state index in [9.17, 15) is 0 Å². The molecule has 3 nitrogen and oxygen atoms in total. The molecule has 4 heteroatoms. The van der Waals surface area contributed by atoms with Crippen molar-refractivity contribution in [2.75, 3.05) is 0 Å². The van der Waals surface area contributed by atoms with Gasteiger partial charge in [-0.1, -0.05) is 13.8 Å². The largest absolute Gasteiger partial charge is 0.425 e. The van der Waals surface area contributed by atoms with Gasteiger partial charge in [-0.3, -0.25) is 0 Å². The van der Waals surface area contributed by atoms with Crippen LogP contribution in [0.5, 0.6) is 0 Å². The normalized spacial score (nSPS) is 5.00. The minimum absolute atomic E-state index is 2.00. The lowest BCUT2D eigenvalue weighted by Gasteiger charge is -1.11. The van der Waals surface area contributed by atoms with Gasteiger partial charge >= 0.3 is 10.6 Å². The third-order valence-corrected chi connectivity index (χ3v) is 0. The third kappa shape index (κ3) is 172. The predicted molar refractivity (Wildman–Crippen MR) is 21.0 cm³/mol. The summed E-state index contributed by atoms with van der Waals surface area (Å²) in [6.07, 6.45) is 0. The molecule has 0 aromatic rings. The summed E-state index contributed by atoms with van der Waals surface area (Å²) in [5.41, 5.74) is 0. The molecule has 0 rings (SSSR count). The molecule has 0 saturated heterocycles. The van der Waals surface area contributed by atoms with E-state index in [1.807, 2.05) is 13.8 Å². The molecule has 0 unspecified atom stereocenters. The van der Waals surface area contributed by atoms with Crippen LogP contribution in [0.15, 0.2) is 0 Å². The van der Waals surface area contributed by atoms with Crippen LogP contribution in [0.2, 0.25) is 0 Å². The molecular formula is C2H6O3S. The maximum Gasteiger partial charge on any atom is 0.425 e. The highest BCUT2D eigenvalue weighted by atomic mass is 32.2. The van der Waals surface area contributed by atoms with Crippen LogP contribution < -0.4 is 0 Å². The molecular weight excluding hydrogens is 104 g/mol. The van der Waals surface area contributed by atoms with Crippen molar-refractivity contribution in [3.63, 3.8) is 0 Å². The first kappa shape index (κ1) is 9.15. The van der Waals surface area contributed by atoms with Gasteiger partial charge in [0, 0.05) is 0 Å². The number of hydrogen-bond acceptors (Lipinski definition) is 3. The summed E-state index contributed by atoms with van der Waals surface area (Å²) in [5.74, 6) is 0. The van der Waals surface area contributed by atoms with Crippen molar-refractivity contribution in [3.8, 4) is 0 Å². The maximum absolute atomic E-state index is 8.44. The lowest BCUT2D eigenvalue weighted by Crippen LogP contribution is -1.40. The van der Waals surface area contributed by atoms with Gasteiger partial charge in [-0.15, -0.1) is 12.6 Å². The lowest BCUT2D eigenvalue weighted by atomic mass is 11.0. The Morgan fingerprint density at radius 3 is 1.00 bits per heavy atom. The molecule has 0 aliphatic rings. The summed E-state index contributed by atoms with van der Waals surface area (Å²) in [6.45, 7) is 4.00. The molecule has 0 spiro atoms. The van der Waals surface area contributed by atoms with Crippen LogP contribution in [0.4, 0.5) is 0 Å². The van der Waals surface area contributed by atoms with Crippen molar-refractivity contribution in [1.29, 1.82) is 0 Å². The molecule has 0 atom stereocenters. The smallest absolute Gasteiger partial charge is 0.142 e. The van der Waals surface area contributed by atoms with Crippen molar-refractivity contribution in [3.05, 3.63) is 0 Å². The van der Waals surface area contributed by atoms with Crippen LogP contribution in [0.3, 0.4) is 0 Å². The Balaban J connectivity index is 0. The molecule has 0 N–H and O–H groups in total. The zero-order chi connectivity index (χ0) is 5.58. The number of rotatable bonds is 0. The fourth-order valence-electron chi connectivity index (χ4n) is 0. The van der Waals surface area contributed by atoms with Gasteiger partial charge < -0.3 is 0 Å². The summed E-state index contributed by atoms with van der Waals surface area (Å²) in [6, 6.07) is 0. The maximum atomic E-state index is 8.44. The van der Waals surface area contributed by atoms with Gasteiger partial charge in [0.25, 0.3) is 0 Å². The van der Waals surface area contributed by atoms with E-state index in [4.69, 9.17) is 12.6 Å². The second kappa shape index (κ2) is 8.82.